The molecule has 1 aromatic carbocycles. The molecule has 2 unspecified atom stereocenters. The smallest absolute Gasteiger partial charge is 0.223 e. The summed E-state index contributed by atoms with van der Waals surface area (Å²) in [6, 6.07) is 7.56. The number of carbonyl (C=O) groups excluding carboxylic acids is 1. The molecule has 3 heteroatoms. The number of amides is 1. The fourth-order valence-electron chi connectivity index (χ4n) is 1.40. The van der Waals surface area contributed by atoms with Crippen LogP contribution >= 0.6 is 11.6 Å². The molecule has 1 aromatic rings. The molecule has 0 aliphatic rings. The quantitative estimate of drug-likeness (QED) is 0.855. The van der Waals surface area contributed by atoms with Crippen LogP contribution in [0.25, 0.3) is 0 Å². The van der Waals surface area contributed by atoms with Gasteiger partial charge < -0.3 is 5.32 Å². The van der Waals surface area contributed by atoms with Crippen LogP contribution < -0.4 is 5.32 Å². The molecule has 2 nitrogen and oxygen atoms in total. The van der Waals surface area contributed by atoms with Crippen LogP contribution in [0.4, 0.5) is 0 Å². The third kappa shape index (κ3) is 3.53. The molecule has 1 amide bonds. The van der Waals surface area contributed by atoms with Gasteiger partial charge in [-0.25, -0.2) is 0 Å². The zero-order valence-corrected chi connectivity index (χ0v) is 10.7. The van der Waals surface area contributed by atoms with E-state index in [0.717, 1.165) is 12.0 Å². The van der Waals surface area contributed by atoms with Crippen LogP contribution in [0.2, 0.25) is 5.02 Å². The summed E-state index contributed by atoms with van der Waals surface area (Å²) in [5.41, 5.74) is 1.03. The van der Waals surface area contributed by atoms with Gasteiger partial charge in [0.2, 0.25) is 5.91 Å². The Morgan fingerprint density at radius 3 is 2.69 bits per heavy atom. The number of hydrogen-bond acceptors (Lipinski definition) is 1. The first-order chi connectivity index (χ1) is 7.54. The van der Waals surface area contributed by atoms with Crippen molar-refractivity contribution in [2.45, 2.75) is 33.2 Å². The van der Waals surface area contributed by atoms with Crippen molar-refractivity contribution >= 4 is 17.5 Å². The molecule has 16 heavy (non-hydrogen) atoms. The highest BCUT2D eigenvalue weighted by Crippen LogP contribution is 2.17. The maximum absolute atomic E-state index is 11.7. The Labute approximate surface area is 102 Å². The molecule has 0 saturated heterocycles. The SMILES string of the molecule is CCC(C)C(=O)NC(C)c1cccc(Cl)c1. The summed E-state index contributed by atoms with van der Waals surface area (Å²) in [7, 11) is 0. The highest BCUT2D eigenvalue weighted by Gasteiger charge is 2.14. The zero-order chi connectivity index (χ0) is 12.1. The highest BCUT2D eigenvalue weighted by molar-refractivity contribution is 6.30. The molecular formula is C13H18ClNO. The van der Waals surface area contributed by atoms with E-state index in [1.165, 1.54) is 0 Å². The standard InChI is InChI=1S/C13H18ClNO/c1-4-9(2)13(16)15-10(3)11-6-5-7-12(14)8-11/h5-10H,4H2,1-3H3,(H,15,16). The van der Waals surface area contributed by atoms with E-state index >= 15 is 0 Å². The first-order valence-corrected chi connectivity index (χ1v) is 5.98. The monoisotopic (exact) mass is 239 g/mol. The van der Waals surface area contributed by atoms with Crippen molar-refractivity contribution in [3.05, 3.63) is 34.9 Å². The zero-order valence-electron chi connectivity index (χ0n) is 9.96. The lowest BCUT2D eigenvalue weighted by Gasteiger charge is -2.17. The average molecular weight is 240 g/mol. The Morgan fingerprint density at radius 1 is 1.44 bits per heavy atom. The summed E-state index contributed by atoms with van der Waals surface area (Å²) >= 11 is 5.90. The van der Waals surface area contributed by atoms with Crippen molar-refractivity contribution in [2.75, 3.05) is 0 Å². The molecule has 0 fully saturated rings. The van der Waals surface area contributed by atoms with Gasteiger partial charge in [0.05, 0.1) is 6.04 Å². The Balaban J connectivity index is 2.65. The first kappa shape index (κ1) is 13.0. The molecule has 0 radical (unpaired) electrons. The van der Waals surface area contributed by atoms with Crippen LogP contribution in [-0.2, 0) is 4.79 Å². The van der Waals surface area contributed by atoms with Crippen molar-refractivity contribution < 1.29 is 4.79 Å². The van der Waals surface area contributed by atoms with E-state index in [0.29, 0.717) is 5.02 Å². The van der Waals surface area contributed by atoms with Crippen molar-refractivity contribution in [1.82, 2.24) is 5.32 Å². The Hall–Kier alpha value is -1.02. The summed E-state index contributed by atoms with van der Waals surface area (Å²) in [5, 5.41) is 3.67. The van der Waals surface area contributed by atoms with Gasteiger partial charge in [0, 0.05) is 10.9 Å². The Bertz CT molecular complexity index is 365. The van der Waals surface area contributed by atoms with E-state index in [9.17, 15) is 4.79 Å². The van der Waals surface area contributed by atoms with Crippen LogP contribution in [0.1, 0.15) is 38.8 Å². The van der Waals surface area contributed by atoms with Crippen molar-refractivity contribution in [1.29, 1.82) is 0 Å². The lowest BCUT2D eigenvalue weighted by atomic mass is 10.1. The van der Waals surface area contributed by atoms with Gasteiger partial charge in [0.25, 0.3) is 0 Å². The molecule has 0 aliphatic carbocycles. The molecule has 0 spiro atoms. The Kier molecular flexibility index (Phi) is 4.81. The van der Waals surface area contributed by atoms with Gasteiger partial charge in [-0.1, -0.05) is 37.6 Å². The van der Waals surface area contributed by atoms with Crippen LogP contribution in [-0.4, -0.2) is 5.91 Å². The fraction of sp³-hybridized carbons (Fsp3) is 0.462. The number of carbonyl (C=O) groups is 1. The van der Waals surface area contributed by atoms with E-state index in [4.69, 9.17) is 11.6 Å². The second-order valence-electron chi connectivity index (χ2n) is 4.09. The van der Waals surface area contributed by atoms with Crippen LogP contribution in [0.3, 0.4) is 0 Å². The lowest BCUT2D eigenvalue weighted by Crippen LogP contribution is -2.31. The minimum Gasteiger partial charge on any atom is -0.349 e. The van der Waals surface area contributed by atoms with Gasteiger partial charge in [0.15, 0.2) is 0 Å². The molecule has 88 valence electrons. The molecule has 0 aliphatic heterocycles. The number of hydrogen-bond donors (Lipinski definition) is 1. The third-order valence-electron chi connectivity index (χ3n) is 2.77. The summed E-state index contributed by atoms with van der Waals surface area (Å²) in [6.07, 6.45) is 0.855. The number of nitrogens with one attached hydrogen (secondary N) is 1. The molecule has 0 aromatic heterocycles. The van der Waals surface area contributed by atoms with E-state index < -0.39 is 0 Å². The number of benzene rings is 1. The Morgan fingerprint density at radius 2 is 2.12 bits per heavy atom. The van der Waals surface area contributed by atoms with Crippen LogP contribution in [0.5, 0.6) is 0 Å². The largest absolute Gasteiger partial charge is 0.349 e. The molecule has 1 N–H and O–H groups in total. The van der Waals surface area contributed by atoms with Crippen molar-refractivity contribution in [3.8, 4) is 0 Å². The van der Waals surface area contributed by atoms with E-state index in [-0.39, 0.29) is 17.9 Å². The molecule has 2 atom stereocenters. The fourth-order valence-corrected chi connectivity index (χ4v) is 1.60. The summed E-state index contributed by atoms with van der Waals surface area (Å²) in [5.74, 6) is 0.150. The number of rotatable bonds is 4. The summed E-state index contributed by atoms with van der Waals surface area (Å²) in [6.45, 7) is 5.90. The lowest BCUT2D eigenvalue weighted by molar-refractivity contribution is -0.125. The van der Waals surface area contributed by atoms with Crippen molar-refractivity contribution in [3.63, 3.8) is 0 Å². The second kappa shape index (κ2) is 5.90. The molecular weight excluding hydrogens is 222 g/mol. The normalized spacial score (nSPS) is 14.2. The van der Waals surface area contributed by atoms with Gasteiger partial charge in [0.1, 0.15) is 0 Å². The first-order valence-electron chi connectivity index (χ1n) is 5.60. The maximum atomic E-state index is 11.7. The van der Waals surface area contributed by atoms with Gasteiger partial charge in [-0.2, -0.15) is 0 Å². The van der Waals surface area contributed by atoms with Crippen LogP contribution in [0, 0.1) is 5.92 Å². The molecule has 0 bridgehead atoms. The highest BCUT2D eigenvalue weighted by atomic mass is 35.5. The summed E-state index contributed by atoms with van der Waals surface area (Å²) < 4.78 is 0. The predicted molar refractivity (Wildman–Crippen MR) is 67.5 cm³/mol. The third-order valence-corrected chi connectivity index (χ3v) is 3.00. The molecule has 0 heterocycles. The van der Waals surface area contributed by atoms with E-state index in [2.05, 4.69) is 5.32 Å². The summed E-state index contributed by atoms with van der Waals surface area (Å²) in [4.78, 5) is 11.7. The minimum atomic E-state index is 0.000185. The van der Waals surface area contributed by atoms with Gasteiger partial charge in [-0.15, -0.1) is 0 Å². The van der Waals surface area contributed by atoms with E-state index in [1.807, 2.05) is 45.0 Å². The average Bonchev–Trinajstić information content (AvgIpc) is 2.27. The topological polar surface area (TPSA) is 29.1 Å². The molecule has 1 rings (SSSR count). The van der Waals surface area contributed by atoms with Crippen LogP contribution in [0.15, 0.2) is 24.3 Å². The van der Waals surface area contributed by atoms with E-state index in [1.54, 1.807) is 0 Å². The molecule has 0 saturated carbocycles. The van der Waals surface area contributed by atoms with Gasteiger partial charge in [-0.3, -0.25) is 4.79 Å². The minimum absolute atomic E-state index is 0.000185. The maximum Gasteiger partial charge on any atom is 0.223 e. The van der Waals surface area contributed by atoms with Gasteiger partial charge >= 0.3 is 0 Å². The van der Waals surface area contributed by atoms with Gasteiger partial charge in [-0.05, 0) is 31.0 Å². The predicted octanol–water partition coefficient (Wildman–Crippen LogP) is 3.56. The van der Waals surface area contributed by atoms with Crippen molar-refractivity contribution in [2.24, 2.45) is 5.92 Å². The second-order valence-corrected chi connectivity index (χ2v) is 4.53. The number of halogens is 1.